The Morgan fingerprint density at radius 2 is 0.522 bits per heavy atom. The molecule has 0 spiro atoms. The van der Waals surface area contributed by atoms with Crippen LogP contribution in [0.15, 0.2) is 24.3 Å². The minimum atomic E-state index is 0.833. The molecule has 6 rings (SSSR count). The lowest BCUT2D eigenvalue weighted by Crippen LogP contribution is -2.21. The van der Waals surface area contributed by atoms with Gasteiger partial charge in [-0.05, 0) is 118 Å². The number of ether oxygens (including phenoxy) is 1. The Kier molecular flexibility index (Phi) is 113. The van der Waals surface area contributed by atoms with Crippen LogP contribution in [0.2, 0.25) is 0 Å². The van der Waals surface area contributed by atoms with Crippen molar-refractivity contribution < 1.29 is 4.74 Å². The van der Waals surface area contributed by atoms with E-state index in [1.165, 1.54) is 129 Å². The molecule has 0 atom stereocenters. The van der Waals surface area contributed by atoms with E-state index in [1.807, 2.05) is 69.2 Å². The van der Waals surface area contributed by atoms with Gasteiger partial charge in [-0.15, -0.1) is 0 Å². The molecule has 0 aromatic heterocycles. The van der Waals surface area contributed by atoms with E-state index in [0.717, 1.165) is 69.0 Å². The highest BCUT2D eigenvalue weighted by molar-refractivity contribution is 5.30. The largest absolute Gasteiger partial charge is 0.380 e. The molecule has 3 aliphatic heterocycles. The molecule has 0 unspecified atom stereocenters. The van der Waals surface area contributed by atoms with Crippen molar-refractivity contribution in [1.82, 2.24) is 21.3 Å². The number of aryl methyl sites for hydroxylation is 2. The topological polar surface area (TPSA) is 57.3 Å². The van der Waals surface area contributed by atoms with E-state index in [-0.39, 0.29) is 0 Å². The Labute approximate surface area is 430 Å². The number of fused-ring (bicyclic) bond motifs is 1. The molecule has 414 valence electrons. The van der Waals surface area contributed by atoms with E-state index >= 15 is 0 Å². The van der Waals surface area contributed by atoms with Crippen LogP contribution in [-0.4, -0.2) is 65.6 Å². The summed E-state index contributed by atoms with van der Waals surface area (Å²) in [4.78, 5) is 0. The number of rotatable bonds is 0. The van der Waals surface area contributed by atoms with Crippen LogP contribution in [0.4, 0.5) is 0 Å². The van der Waals surface area contributed by atoms with Crippen LogP contribution in [0.3, 0.4) is 0 Å². The van der Waals surface area contributed by atoms with Gasteiger partial charge in [0.25, 0.3) is 0 Å². The van der Waals surface area contributed by atoms with Crippen molar-refractivity contribution in [2.75, 3.05) is 65.6 Å². The Hall–Kier alpha value is -0.980. The fraction of sp³-hybridized carbons (Fsp3) is 0.903. The Balaban J connectivity index is -0.0000000791. The van der Waals surface area contributed by atoms with Gasteiger partial charge in [0.05, 0.1) is 6.61 Å². The van der Waals surface area contributed by atoms with Crippen LogP contribution in [0, 0.1) is 29.6 Å². The second kappa shape index (κ2) is 88.0. The van der Waals surface area contributed by atoms with E-state index in [2.05, 4.69) is 149 Å². The Morgan fingerprint density at radius 1 is 0.284 bits per heavy atom. The van der Waals surface area contributed by atoms with Gasteiger partial charge in [-0.1, -0.05) is 255 Å². The molecular weight excluding hydrogens is 817 g/mol. The van der Waals surface area contributed by atoms with Crippen molar-refractivity contribution >= 4 is 0 Å². The highest BCUT2D eigenvalue weighted by atomic mass is 16.5. The van der Waals surface area contributed by atoms with E-state index in [0.29, 0.717) is 0 Å². The fourth-order valence-electron chi connectivity index (χ4n) is 5.17. The van der Waals surface area contributed by atoms with E-state index in [9.17, 15) is 0 Å². The van der Waals surface area contributed by atoms with E-state index in [1.54, 1.807) is 11.1 Å². The summed E-state index contributed by atoms with van der Waals surface area (Å²) >= 11 is 0. The molecule has 4 fully saturated rings. The van der Waals surface area contributed by atoms with Crippen molar-refractivity contribution in [1.29, 1.82) is 0 Å². The van der Waals surface area contributed by atoms with Crippen LogP contribution in [0.1, 0.15) is 274 Å². The molecule has 4 N–H and O–H groups in total. The molecule has 5 aliphatic rings. The fourth-order valence-corrected chi connectivity index (χ4v) is 5.17. The Morgan fingerprint density at radius 3 is 0.836 bits per heavy atom. The maximum absolute atomic E-state index is 5.13. The number of hydrogen-bond acceptors (Lipinski definition) is 5. The third-order valence-electron chi connectivity index (χ3n) is 7.47. The number of nitrogens with one attached hydrogen (secondary N) is 4. The molecular formula is C62H140N4O. The standard InChI is InChI=1S/C9H10.C7H14.C6H13N.C5H12N2.C5H11NO.5C4H10.5C2H6/c1-2-5-9-7-3-6-8(9)4-1;2*1-2-4-6-7-5-3-1;1-2-6-4-5-7-3-1;1-2-6-3-5-7-4-1;5*1-4(2)3;5*1-2/h1-2,4-5H,3,6-7H2;1-7H2;7H,1-6H2;6-7H,1-5H2;6H,1-5H2;5*4H,1-3H3;5*1-2H3. The summed E-state index contributed by atoms with van der Waals surface area (Å²) in [5.41, 5.74) is 3.13. The second-order valence-electron chi connectivity index (χ2n) is 19.5. The first-order valence-corrected chi connectivity index (χ1v) is 29.6. The van der Waals surface area contributed by atoms with Gasteiger partial charge in [0.1, 0.15) is 0 Å². The lowest BCUT2D eigenvalue weighted by atomic mass is 10.1. The predicted molar refractivity (Wildman–Crippen MR) is 320 cm³/mol. The second-order valence-corrected chi connectivity index (χ2v) is 19.5. The van der Waals surface area contributed by atoms with Crippen LogP contribution < -0.4 is 21.3 Å². The first-order valence-electron chi connectivity index (χ1n) is 29.6. The third-order valence-corrected chi connectivity index (χ3v) is 7.47. The minimum absolute atomic E-state index is 0.833. The van der Waals surface area contributed by atoms with Crippen molar-refractivity contribution in [2.45, 2.75) is 276 Å². The SMILES string of the molecule is C1CCCCCC1.C1CCCNCC1.C1CNCCNC1.C1CNCCOC1.CC.CC.CC.CC.CC.CC(C)C.CC(C)C.CC(C)C.CC(C)C.CC(C)C.c1ccc2c(c1)CCC2. The van der Waals surface area contributed by atoms with Gasteiger partial charge in [-0.3, -0.25) is 0 Å². The highest BCUT2D eigenvalue weighted by Gasteiger charge is 2.07. The summed E-state index contributed by atoms with van der Waals surface area (Å²) < 4.78 is 5.13. The zero-order chi connectivity index (χ0) is 53.8. The van der Waals surface area contributed by atoms with Gasteiger partial charge in [-0.25, -0.2) is 0 Å². The van der Waals surface area contributed by atoms with Gasteiger partial charge in [0, 0.05) is 26.2 Å². The van der Waals surface area contributed by atoms with Gasteiger partial charge >= 0.3 is 0 Å². The summed E-state index contributed by atoms with van der Waals surface area (Å²) in [6.07, 6.45) is 22.6. The van der Waals surface area contributed by atoms with Crippen molar-refractivity contribution in [3.05, 3.63) is 35.4 Å². The molecule has 1 saturated carbocycles. The van der Waals surface area contributed by atoms with Gasteiger partial charge < -0.3 is 26.0 Å². The summed E-state index contributed by atoms with van der Waals surface area (Å²) in [5, 5.41) is 13.1. The predicted octanol–water partition coefficient (Wildman–Crippen LogP) is 19.1. The lowest BCUT2D eigenvalue weighted by Gasteiger charge is -1.93. The smallest absolute Gasteiger partial charge is 0.0590 e. The molecule has 5 heteroatoms. The van der Waals surface area contributed by atoms with Gasteiger partial charge in [0.15, 0.2) is 0 Å². The summed E-state index contributed by atoms with van der Waals surface area (Å²) in [7, 11) is 0. The van der Waals surface area contributed by atoms with Crippen molar-refractivity contribution in [2.24, 2.45) is 29.6 Å². The maximum Gasteiger partial charge on any atom is 0.0590 e. The van der Waals surface area contributed by atoms with Crippen molar-refractivity contribution in [3.63, 3.8) is 0 Å². The molecule has 1 aromatic carbocycles. The van der Waals surface area contributed by atoms with E-state index in [4.69, 9.17) is 4.74 Å². The first-order chi connectivity index (χ1) is 32.1. The molecule has 0 bridgehead atoms. The molecule has 1 aromatic rings. The van der Waals surface area contributed by atoms with Crippen LogP contribution in [-0.2, 0) is 17.6 Å². The van der Waals surface area contributed by atoms with Crippen LogP contribution in [0.5, 0.6) is 0 Å². The molecule has 5 nitrogen and oxygen atoms in total. The molecule has 0 radical (unpaired) electrons. The molecule has 2 aliphatic carbocycles. The van der Waals surface area contributed by atoms with Crippen LogP contribution >= 0.6 is 0 Å². The van der Waals surface area contributed by atoms with E-state index < -0.39 is 0 Å². The number of benzene rings is 1. The summed E-state index contributed by atoms with van der Waals surface area (Å²) in [5.74, 6) is 4.17. The molecule has 67 heavy (non-hydrogen) atoms. The highest BCUT2D eigenvalue weighted by Crippen LogP contribution is 2.20. The van der Waals surface area contributed by atoms with Crippen molar-refractivity contribution in [3.8, 4) is 0 Å². The van der Waals surface area contributed by atoms with Crippen LogP contribution in [0.25, 0.3) is 0 Å². The summed E-state index contributed by atoms with van der Waals surface area (Å²) in [6, 6.07) is 8.74. The molecule has 0 amide bonds. The first kappa shape index (κ1) is 85.8. The molecule has 3 saturated heterocycles. The lowest BCUT2D eigenvalue weighted by molar-refractivity contribution is 0.151. The quantitative estimate of drug-likeness (QED) is 0.195. The van der Waals surface area contributed by atoms with Gasteiger partial charge in [-0.2, -0.15) is 0 Å². The summed E-state index contributed by atoms with van der Waals surface area (Å²) in [6.45, 7) is 63.6. The average molecular weight is 958 g/mol. The molecule has 3 heterocycles. The minimum Gasteiger partial charge on any atom is -0.380 e. The normalized spacial score (nSPS) is 15.3. The average Bonchev–Trinajstić information content (AvgIpc) is 3.81. The third kappa shape index (κ3) is 133. The monoisotopic (exact) mass is 957 g/mol. The Bertz CT molecular complexity index is 621. The van der Waals surface area contributed by atoms with Gasteiger partial charge in [0.2, 0.25) is 0 Å². The zero-order valence-electron chi connectivity index (χ0n) is 52.0. The zero-order valence-corrected chi connectivity index (χ0v) is 52.0. The maximum atomic E-state index is 5.13. The number of hydrogen-bond donors (Lipinski definition) is 4.